The first kappa shape index (κ1) is 13.3. The fourth-order valence-electron chi connectivity index (χ4n) is 1.95. The third-order valence-corrected chi connectivity index (χ3v) is 4.51. The Morgan fingerprint density at radius 1 is 1.35 bits per heavy atom. The second kappa shape index (κ2) is 5.03. The van der Waals surface area contributed by atoms with Gasteiger partial charge in [0, 0.05) is 16.5 Å². The van der Waals surface area contributed by atoms with Crippen molar-refractivity contribution in [2.75, 3.05) is 5.32 Å². The molecule has 1 N–H and O–H groups in total. The van der Waals surface area contributed by atoms with E-state index in [2.05, 4.69) is 21.2 Å². The van der Waals surface area contributed by atoms with Crippen molar-refractivity contribution in [1.29, 1.82) is 0 Å². The summed E-state index contributed by atoms with van der Waals surface area (Å²) in [5.41, 5.74) is 1.68. The number of benzene rings is 1. The Hall–Kier alpha value is -1.66. The molecule has 2 aromatic rings. The molecular weight excluding hydrogens is 342 g/mol. The first-order valence-corrected chi connectivity index (χ1v) is 7.62. The molecule has 0 saturated heterocycles. The summed E-state index contributed by atoms with van der Waals surface area (Å²) in [6.45, 7) is 1.68. The summed E-state index contributed by atoms with van der Waals surface area (Å²) >= 11 is 4.80. The lowest BCUT2D eigenvalue weighted by atomic mass is 10.0. The Kier molecular flexibility index (Phi) is 3.35. The number of nitrogens with one attached hydrogen (secondary N) is 1. The number of carbonyl (C=O) groups is 2. The summed E-state index contributed by atoms with van der Waals surface area (Å²) in [5, 5.41) is 4.53. The van der Waals surface area contributed by atoms with Gasteiger partial charge < -0.3 is 10.1 Å². The minimum absolute atomic E-state index is 0.0809. The van der Waals surface area contributed by atoms with Crippen molar-refractivity contribution < 1.29 is 14.3 Å². The average molecular weight is 352 g/mol. The lowest BCUT2D eigenvalue weighted by Gasteiger charge is -2.23. The number of anilines is 1. The van der Waals surface area contributed by atoms with Gasteiger partial charge in [-0.2, -0.15) is 0 Å². The number of rotatable bonds is 2. The molecule has 1 unspecified atom stereocenters. The van der Waals surface area contributed by atoms with Crippen LogP contribution in [-0.2, 0) is 4.79 Å². The number of ketones is 1. The summed E-state index contributed by atoms with van der Waals surface area (Å²) in [7, 11) is 0. The van der Waals surface area contributed by atoms with Crippen LogP contribution in [0, 0.1) is 0 Å². The summed E-state index contributed by atoms with van der Waals surface area (Å²) in [6, 6.07) is 6.84. The maximum atomic E-state index is 12.3. The molecular formula is C14H10BrNO3S. The van der Waals surface area contributed by atoms with E-state index in [9.17, 15) is 9.59 Å². The molecule has 0 bridgehead atoms. The highest BCUT2D eigenvalue weighted by atomic mass is 79.9. The molecule has 1 aromatic carbocycles. The monoisotopic (exact) mass is 351 g/mol. The molecule has 0 radical (unpaired) electrons. The minimum atomic E-state index is -0.517. The smallest absolute Gasteiger partial charge is 0.265 e. The van der Waals surface area contributed by atoms with Crippen LogP contribution in [0.3, 0.4) is 0 Å². The molecule has 102 valence electrons. The first-order valence-electron chi connectivity index (χ1n) is 5.95. The number of halogens is 1. The summed E-state index contributed by atoms with van der Waals surface area (Å²) in [5.74, 6) is 0.295. The SMILES string of the molecule is CC1Oc2ccc(C(=O)c3csc(Br)c3)cc2NC1=O. The quantitative estimate of drug-likeness (QED) is 0.843. The predicted molar refractivity (Wildman–Crippen MR) is 80.6 cm³/mol. The highest BCUT2D eigenvalue weighted by Crippen LogP contribution is 2.31. The Morgan fingerprint density at radius 3 is 2.85 bits per heavy atom. The highest BCUT2D eigenvalue weighted by Gasteiger charge is 2.24. The van der Waals surface area contributed by atoms with Gasteiger partial charge in [0.25, 0.3) is 5.91 Å². The number of carbonyl (C=O) groups excluding carboxylic acids is 2. The maximum Gasteiger partial charge on any atom is 0.265 e. The first-order chi connectivity index (χ1) is 9.54. The number of amides is 1. The van der Waals surface area contributed by atoms with E-state index in [1.165, 1.54) is 11.3 Å². The van der Waals surface area contributed by atoms with Gasteiger partial charge in [-0.05, 0) is 47.1 Å². The number of ether oxygens (including phenoxy) is 1. The maximum absolute atomic E-state index is 12.3. The van der Waals surface area contributed by atoms with Crippen molar-refractivity contribution in [2.24, 2.45) is 0 Å². The molecule has 2 heterocycles. The Balaban J connectivity index is 1.95. The van der Waals surface area contributed by atoms with Crippen LogP contribution in [0.4, 0.5) is 5.69 Å². The molecule has 1 amide bonds. The topological polar surface area (TPSA) is 55.4 Å². The van der Waals surface area contributed by atoms with Gasteiger partial charge in [-0.3, -0.25) is 9.59 Å². The Bertz CT molecular complexity index is 710. The van der Waals surface area contributed by atoms with Gasteiger partial charge in [-0.1, -0.05) is 0 Å². The average Bonchev–Trinajstić information content (AvgIpc) is 2.85. The van der Waals surface area contributed by atoms with E-state index in [0.29, 0.717) is 22.6 Å². The van der Waals surface area contributed by atoms with Crippen LogP contribution in [-0.4, -0.2) is 17.8 Å². The second-order valence-electron chi connectivity index (χ2n) is 4.43. The van der Waals surface area contributed by atoms with Gasteiger partial charge in [0.2, 0.25) is 0 Å². The van der Waals surface area contributed by atoms with Crippen LogP contribution in [0.5, 0.6) is 5.75 Å². The Morgan fingerprint density at radius 2 is 2.15 bits per heavy atom. The number of thiophene rings is 1. The van der Waals surface area contributed by atoms with E-state index in [0.717, 1.165) is 3.79 Å². The van der Waals surface area contributed by atoms with Crippen LogP contribution < -0.4 is 10.1 Å². The van der Waals surface area contributed by atoms with Crippen molar-refractivity contribution in [2.45, 2.75) is 13.0 Å². The zero-order valence-corrected chi connectivity index (χ0v) is 12.9. The van der Waals surface area contributed by atoms with Crippen LogP contribution in [0.15, 0.2) is 33.4 Å². The standard InChI is InChI=1S/C14H10BrNO3S/c1-7-14(18)16-10-4-8(2-3-11(10)19-7)13(17)9-5-12(15)20-6-9/h2-7H,1H3,(H,16,18). The number of fused-ring (bicyclic) bond motifs is 1. The van der Waals surface area contributed by atoms with Crippen LogP contribution in [0.1, 0.15) is 22.8 Å². The van der Waals surface area contributed by atoms with Crippen molar-refractivity contribution in [3.8, 4) is 5.75 Å². The molecule has 3 rings (SSSR count). The van der Waals surface area contributed by atoms with E-state index >= 15 is 0 Å². The summed E-state index contributed by atoms with van der Waals surface area (Å²) < 4.78 is 6.37. The lowest BCUT2D eigenvalue weighted by Crippen LogP contribution is -2.34. The van der Waals surface area contributed by atoms with Gasteiger partial charge in [0.1, 0.15) is 5.75 Å². The fourth-order valence-corrected chi connectivity index (χ4v) is 3.08. The zero-order valence-electron chi connectivity index (χ0n) is 10.5. The van der Waals surface area contributed by atoms with Crippen molar-refractivity contribution in [1.82, 2.24) is 0 Å². The van der Waals surface area contributed by atoms with Gasteiger partial charge in [-0.25, -0.2) is 0 Å². The van der Waals surface area contributed by atoms with Crippen LogP contribution in [0.2, 0.25) is 0 Å². The second-order valence-corrected chi connectivity index (χ2v) is 6.72. The van der Waals surface area contributed by atoms with E-state index in [1.807, 2.05) is 0 Å². The van der Waals surface area contributed by atoms with E-state index in [1.54, 1.807) is 36.6 Å². The molecule has 4 nitrogen and oxygen atoms in total. The molecule has 0 spiro atoms. The molecule has 1 atom stereocenters. The number of hydrogen-bond acceptors (Lipinski definition) is 4. The molecule has 6 heteroatoms. The molecule has 1 aliphatic rings. The molecule has 0 saturated carbocycles. The molecule has 0 aliphatic carbocycles. The van der Waals surface area contributed by atoms with E-state index in [4.69, 9.17) is 4.74 Å². The fraction of sp³-hybridized carbons (Fsp3) is 0.143. The van der Waals surface area contributed by atoms with E-state index < -0.39 is 6.10 Å². The molecule has 1 aliphatic heterocycles. The largest absolute Gasteiger partial charge is 0.479 e. The van der Waals surface area contributed by atoms with Crippen molar-refractivity contribution in [3.05, 3.63) is 44.6 Å². The van der Waals surface area contributed by atoms with Crippen LogP contribution in [0.25, 0.3) is 0 Å². The number of hydrogen-bond donors (Lipinski definition) is 1. The third-order valence-electron chi connectivity index (χ3n) is 3.00. The van der Waals surface area contributed by atoms with Gasteiger partial charge in [0.05, 0.1) is 9.47 Å². The summed E-state index contributed by atoms with van der Waals surface area (Å²) in [4.78, 5) is 23.9. The van der Waals surface area contributed by atoms with Crippen LogP contribution >= 0.6 is 27.3 Å². The predicted octanol–water partition coefficient (Wildman–Crippen LogP) is 3.46. The van der Waals surface area contributed by atoms with Gasteiger partial charge in [-0.15, -0.1) is 11.3 Å². The van der Waals surface area contributed by atoms with Gasteiger partial charge in [0.15, 0.2) is 11.9 Å². The van der Waals surface area contributed by atoms with Crippen molar-refractivity contribution in [3.63, 3.8) is 0 Å². The molecule has 20 heavy (non-hydrogen) atoms. The molecule has 1 aromatic heterocycles. The zero-order chi connectivity index (χ0) is 14.3. The molecule has 0 fully saturated rings. The van der Waals surface area contributed by atoms with E-state index in [-0.39, 0.29) is 11.7 Å². The minimum Gasteiger partial charge on any atom is -0.479 e. The highest BCUT2D eigenvalue weighted by molar-refractivity contribution is 9.11. The third kappa shape index (κ3) is 2.36. The van der Waals surface area contributed by atoms with Gasteiger partial charge >= 0.3 is 0 Å². The Labute approximate surface area is 127 Å². The normalized spacial score (nSPS) is 17.1. The lowest BCUT2D eigenvalue weighted by molar-refractivity contribution is -0.122. The van der Waals surface area contributed by atoms with Crippen molar-refractivity contribution >= 4 is 44.6 Å². The summed E-state index contributed by atoms with van der Waals surface area (Å²) in [6.07, 6.45) is -0.517.